The van der Waals surface area contributed by atoms with Crippen LogP contribution in [0, 0.1) is 0 Å². The van der Waals surface area contributed by atoms with E-state index in [-0.39, 0.29) is 17.9 Å². The van der Waals surface area contributed by atoms with Gasteiger partial charge in [-0.15, -0.1) is 0 Å². The van der Waals surface area contributed by atoms with Crippen LogP contribution in [0.15, 0.2) is 79.5 Å². The van der Waals surface area contributed by atoms with Crippen LogP contribution in [0.4, 0.5) is 11.4 Å². The molecule has 3 heterocycles. The first-order chi connectivity index (χ1) is 18.1. The Morgan fingerprint density at radius 2 is 1.70 bits per heavy atom. The number of fused-ring (bicyclic) bond motifs is 1. The highest BCUT2D eigenvalue weighted by molar-refractivity contribution is 8.19. The number of anilines is 2. The molecule has 0 spiro atoms. The van der Waals surface area contributed by atoms with Gasteiger partial charge >= 0.3 is 0 Å². The first-order valence-corrected chi connectivity index (χ1v) is 14.5. The summed E-state index contributed by atoms with van der Waals surface area (Å²) in [5.74, 6) is -0.184. The Bertz CT molecular complexity index is 1330. The van der Waals surface area contributed by atoms with Crippen LogP contribution in [0.2, 0.25) is 0 Å². The zero-order chi connectivity index (χ0) is 25.5. The Kier molecular flexibility index (Phi) is 6.58. The molecule has 9 heteroatoms. The number of carbonyl (C=O) groups excluding carboxylic acids is 2. The van der Waals surface area contributed by atoms with Crippen molar-refractivity contribution in [2.24, 2.45) is 10.1 Å². The fourth-order valence-corrected chi connectivity index (χ4v) is 7.81. The van der Waals surface area contributed by atoms with E-state index in [0.717, 1.165) is 53.5 Å². The van der Waals surface area contributed by atoms with Gasteiger partial charge in [-0.3, -0.25) is 14.5 Å². The van der Waals surface area contributed by atoms with Crippen LogP contribution in [0.25, 0.3) is 0 Å². The topological polar surface area (TPSA) is 68.6 Å². The predicted molar refractivity (Wildman–Crippen MR) is 152 cm³/mol. The third-order valence-electron chi connectivity index (χ3n) is 7.21. The van der Waals surface area contributed by atoms with Gasteiger partial charge in [0.15, 0.2) is 11.2 Å². The number of nitrogens with zero attached hydrogens (tertiary/aromatic N) is 5. The molecule has 2 aromatic carbocycles. The molecule has 1 saturated carbocycles. The fraction of sp³-hybridized carbons (Fsp3) is 0.357. The molecule has 2 aromatic rings. The van der Waals surface area contributed by atoms with Crippen LogP contribution >= 0.6 is 23.5 Å². The quantitative estimate of drug-likeness (QED) is 0.464. The first-order valence-electron chi connectivity index (χ1n) is 12.9. The van der Waals surface area contributed by atoms with E-state index in [0.29, 0.717) is 15.8 Å². The van der Waals surface area contributed by atoms with Crippen molar-refractivity contribution in [3.8, 4) is 0 Å². The van der Waals surface area contributed by atoms with Gasteiger partial charge in [0.25, 0.3) is 11.8 Å². The summed E-state index contributed by atoms with van der Waals surface area (Å²) in [5, 5.41) is 7.53. The lowest BCUT2D eigenvalue weighted by Crippen LogP contribution is -2.42. The number of hydrogen-bond acceptors (Lipinski definition) is 7. The highest BCUT2D eigenvalue weighted by Crippen LogP contribution is 2.51. The highest BCUT2D eigenvalue weighted by atomic mass is 32.2. The maximum Gasteiger partial charge on any atom is 0.278 e. The van der Waals surface area contributed by atoms with Gasteiger partial charge in [-0.1, -0.05) is 61.4 Å². The van der Waals surface area contributed by atoms with E-state index in [4.69, 9.17) is 4.99 Å². The van der Waals surface area contributed by atoms with E-state index in [9.17, 15) is 9.59 Å². The van der Waals surface area contributed by atoms with Gasteiger partial charge < -0.3 is 4.90 Å². The molecule has 4 aliphatic rings. The summed E-state index contributed by atoms with van der Waals surface area (Å²) in [5.41, 5.74) is 2.49. The van der Waals surface area contributed by atoms with Gasteiger partial charge in [0.2, 0.25) is 0 Å². The molecule has 1 unspecified atom stereocenters. The number of amidine groups is 1. The number of carbonyl (C=O) groups is 2. The predicted octanol–water partition coefficient (Wildman–Crippen LogP) is 5.84. The molecule has 2 amide bonds. The second-order valence-corrected chi connectivity index (χ2v) is 11.6. The van der Waals surface area contributed by atoms with Crippen molar-refractivity contribution in [2.45, 2.75) is 62.9 Å². The average molecular weight is 532 g/mol. The Hall–Kier alpha value is -3.04. The Balaban J connectivity index is 1.38. The SMILES string of the molecule is CCN1/C(=C2/SC(=NC3C(=O)N(c4ccccc4)N=C3C)N(C3CCCCC3)C2=O)Sc2ccccc21. The molecule has 1 atom stereocenters. The molecular weight excluding hydrogens is 502 g/mol. The molecule has 37 heavy (non-hydrogen) atoms. The van der Waals surface area contributed by atoms with Gasteiger partial charge in [-0.25, -0.2) is 4.99 Å². The summed E-state index contributed by atoms with van der Waals surface area (Å²) in [6.07, 6.45) is 5.31. The second kappa shape index (κ2) is 10.0. The van der Waals surface area contributed by atoms with Crippen LogP contribution in [0.1, 0.15) is 46.0 Å². The molecule has 0 bridgehead atoms. The third-order valence-corrected chi connectivity index (χ3v) is 9.58. The van der Waals surface area contributed by atoms with E-state index < -0.39 is 6.04 Å². The third kappa shape index (κ3) is 4.28. The summed E-state index contributed by atoms with van der Waals surface area (Å²) in [4.78, 5) is 38.4. The molecular formula is C28H29N5O2S2. The number of amides is 2. The minimum Gasteiger partial charge on any atom is -0.334 e. The van der Waals surface area contributed by atoms with Gasteiger partial charge in [0, 0.05) is 17.5 Å². The molecule has 7 nitrogen and oxygen atoms in total. The first kappa shape index (κ1) is 24.3. The van der Waals surface area contributed by atoms with Gasteiger partial charge in [0.1, 0.15) is 9.93 Å². The lowest BCUT2D eigenvalue weighted by molar-refractivity contribution is -0.124. The van der Waals surface area contributed by atoms with E-state index in [1.165, 1.54) is 23.2 Å². The minimum atomic E-state index is -0.735. The number of hydrogen-bond donors (Lipinski definition) is 0. The van der Waals surface area contributed by atoms with Crippen LogP contribution in [0.3, 0.4) is 0 Å². The Morgan fingerprint density at radius 1 is 0.973 bits per heavy atom. The van der Waals surface area contributed by atoms with Crippen LogP contribution < -0.4 is 9.91 Å². The van der Waals surface area contributed by atoms with Crippen molar-refractivity contribution >= 4 is 57.6 Å². The van der Waals surface area contributed by atoms with Crippen molar-refractivity contribution in [1.29, 1.82) is 0 Å². The summed E-state index contributed by atoms with van der Waals surface area (Å²) in [7, 11) is 0. The van der Waals surface area contributed by atoms with E-state index >= 15 is 0 Å². The van der Waals surface area contributed by atoms with Crippen molar-refractivity contribution in [3.05, 3.63) is 64.5 Å². The molecule has 1 aliphatic carbocycles. The number of hydrazone groups is 1. The Morgan fingerprint density at radius 3 is 2.46 bits per heavy atom. The molecule has 2 fully saturated rings. The number of thioether (sulfide) groups is 2. The van der Waals surface area contributed by atoms with E-state index in [2.05, 4.69) is 29.1 Å². The zero-order valence-electron chi connectivity index (χ0n) is 21.0. The highest BCUT2D eigenvalue weighted by Gasteiger charge is 2.44. The normalized spacial score (nSPS) is 25.5. The number of para-hydroxylation sites is 2. The fourth-order valence-electron chi connectivity index (χ4n) is 5.35. The van der Waals surface area contributed by atoms with Crippen LogP contribution in [-0.4, -0.2) is 46.2 Å². The second-order valence-electron chi connectivity index (χ2n) is 9.56. The average Bonchev–Trinajstić information content (AvgIpc) is 3.56. The lowest BCUT2D eigenvalue weighted by atomic mass is 9.94. The van der Waals surface area contributed by atoms with Crippen LogP contribution in [0.5, 0.6) is 0 Å². The summed E-state index contributed by atoms with van der Waals surface area (Å²) in [6.45, 7) is 4.71. The number of benzene rings is 2. The lowest BCUT2D eigenvalue weighted by Gasteiger charge is -2.30. The molecule has 3 aliphatic heterocycles. The zero-order valence-corrected chi connectivity index (χ0v) is 22.6. The van der Waals surface area contributed by atoms with E-state index in [1.807, 2.05) is 54.3 Å². The standard InChI is InChI=1S/C28H29N5O2S2/c1-3-31-21-16-10-11-17-22(21)36-27(31)24-26(35)32(19-12-6-4-7-13-19)28(37-24)29-23-18(2)30-33(25(23)34)20-14-8-5-9-15-20/h5,8-11,14-17,19,23H,3-4,6-7,12-13H2,1-2H3/b27-24-,29-28?. The molecule has 0 N–H and O–H groups in total. The molecule has 1 saturated heterocycles. The molecule has 0 radical (unpaired) electrons. The molecule has 0 aromatic heterocycles. The van der Waals surface area contributed by atoms with Gasteiger partial charge in [-0.05, 0) is 62.7 Å². The maximum atomic E-state index is 14.0. The maximum absolute atomic E-state index is 14.0. The minimum absolute atomic E-state index is 0.00404. The monoisotopic (exact) mass is 531 g/mol. The summed E-state index contributed by atoms with van der Waals surface area (Å²) >= 11 is 3.06. The van der Waals surface area contributed by atoms with Crippen molar-refractivity contribution < 1.29 is 9.59 Å². The van der Waals surface area contributed by atoms with Gasteiger partial charge in [-0.2, -0.15) is 10.1 Å². The van der Waals surface area contributed by atoms with E-state index in [1.54, 1.807) is 11.8 Å². The van der Waals surface area contributed by atoms with Crippen molar-refractivity contribution in [3.63, 3.8) is 0 Å². The largest absolute Gasteiger partial charge is 0.334 e. The van der Waals surface area contributed by atoms with Crippen molar-refractivity contribution in [2.75, 3.05) is 16.5 Å². The van der Waals surface area contributed by atoms with Crippen LogP contribution in [-0.2, 0) is 9.59 Å². The molecule has 190 valence electrons. The Labute approximate surface area is 225 Å². The summed E-state index contributed by atoms with van der Waals surface area (Å²) < 4.78 is 0. The molecule has 6 rings (SSSR count). The number of aliphatic imine (C=N–C) groups is 1. The van der Waals surface area contributed by atoms with Gasteiger partial charge in [0.05, 0.1) is 17.1 Å². The number of rotatable bonds is 4. The smallest absolute Gasteiger partial charge is 0.278 e. The summed E-state index contributed by atoms with van der Waals surface area (Å²) in [6, 6.07) is 17.1. The van der Waals surface area contributed by atoms with Crippen molar-refractivity contribution in [1.82, 2.24) is 4.90 Å².